The molecule has 18 heavy (non-hydrogen) atoms. The quantitative estimate of drug-likeness (QED) is 0.867. The highest BCUT2D eigenvalue weighted by Crippen LogP contribution is 2.12. The second kappa shape index (κ2) is 6.58. The van der Waals surface area contributed by atoms with Crippen LogP contribution >= 0.6 is 11.6 Å². The van der Waals surface area contributed by atoms with Crippen molar-refractivity contribution in [2.24, 2.45) is 5.73 Å². The average Bonchev–Trinajstić information content (AvgIpc) is 2.40. The van der Waals surface area contributed by atoms with Crippen LogP contribution in [0.1, 0.15) is 17.5 Å². The van der Waals surface area contributed by atoms with Gasteiger partial charge in [-0.1, -0.05) is 54.1 Å². The van der Waals surface area contributed by atoms with Crippen molar-refractivity contribution in [2.45, 2.75) is 25.3 Å². The first-order valence-corrected chi connectivity index (χ1v) is 6.66. The van der Waals surface area contributed by atoms with Crippen LogP contribution in [0.5, 0.6) is 0 Å². The molecule has 0 aliphatic carbocycles. The highest BCUT2D eigenvalue weighted by molar-refractivity contribution is 6.30. The summed E-state index contributed by atoms with van der Waals surface area (Å²) >= 11 is 5.86. The normalized spacial score (nSPS) is 12.3. The maximum absolute atomic E-state index is 6.16. The van der Waals surface area contributed by atoms with Crippen LogP contribution in [0, 0.1) is 0 Å². The number of benzene rings is 2. The molecule has 0 saturated heterocycles. The Labute approximate surface area is 114 Å². The van der Waals surface area contributed by atoms with Crippen LogP contribution in [-0.4, -0.2) is 6.04 Å². The van der Waals surface area contributed by atoms with Gasteiger partial charge in [-0.3, -0.25) is 0 Å². The number of halogens is 1. The molecule has 0 radical (unpaired) electrons. The lowest BCUT2D eigenvalue weighted by atomic mass is 10.00. The van der Waals surface area contributed by atoms with E-state index in [4.69, 9.17) is 17.3 Å². The first kappa shape index (κ1) is 13.1. The van der Waals surface area contributed by atoms with Crippen molar-refractivity contribution in [1.82, 2.24) is 0 Å². The largest absolute Gasteiger partial charge is 0.327 e. The zero-order valence-electron chi connectivity index (χ0n) is 10.4. The number of rotatable bonds is 5. The Balaban J connectivity index is 1.82. The molecule has 2 aromatic carbocycles. The van der Waals surface area contributed by atoms with Gasteiger partial charge in [-0.2, -0.15) is 0 Å². The Bertz CT molecular complexity index is 464. The van der Waals surface area contributed by atoms with Crippen LogP contribution in [0.4, 0.5) is 0 Å². The Hall–Kier alpha value is -1.31. The molecule has 2 aromatic rings. The van der Waals surface area contributed by atoms with Crippen molar-refractivity contribution >= 4 is 11.6 Å². The van der Waals surface area contributed by atoms with Gasteiger partial charge in [0.1, 0.15) is 0 Å². The van der Waals surface area contributed by atoms with Crippen LogP contribution in [0.25, 0.3) is 0 Å². The number of aryl methyl sites for hydroxylation is 1. The molecule has 1 atom stereocenters. The van der Waals surface area contributed by atoms with E-state index in [1.54, 1.807) is 0 Å². The summed E-state index contributed by atoms with van der Waals surface area (Å²) in [6, 6.07) is 18.6. The summed E-state index contributed by atoms with van der Waals surface area (Å²) in [7, 11) is 0. The van der Waals surface area contributed by atoms with Gasteiger partial charge in [0.2, 0.25) is 0 Å². The fourth-order valence-electron chi connectivity index (χ4n) is 2.02. The zero-order chi connectivity index (χ0) is 12.8. The van der Waals surface area contributed by atoms with E-state index in [0.29, 0.717) is 0 Å². The van der Waals surface area contributed by atoms with Gasteiger partial charge >= 0.3 is 0 Å². The molecule has 0 heterocycles. The van der Waals surface area contributed by atoms with Gasteiger partial charge in [-0.25, -0.2) is 0 Å². The molecule has 2 N–H and O–H groups in total. The predicted octanol–water partition coefficient (Wildman–Crippen LogP) is 3.84. The topological polar surface area (TPSA) is 26.0 Å². The monoisotopic (exact) mass is 259 g/mol. The highest BCUT2D eigenvalue weighted by atomic mass is 35.5. The van der Waals surface area contributed by atoms with Crippen molar-refractivity contribution in [1.29, 1.82) is 0 Å². The SMILES string of the molecule is NC(CCc1ccccc1)Cc1ccc(Cl)cc1. The molecule has 0 saturated carbocycles. The summed E-state index contributed by atoms with van der Waals surface area (Å²) in [5.74, 6) is 0. The molecule has 2 rings (SSSR count). The van der Waals surface area contributed by atoms with Crippen LogP contribution in [-0.2, 0) is 12.8 Å². The summed E-state index contributed by atoms with van der Waals surface area (Å²) in [5, 5.41) is 0.775. The van der Waals surface area contributed by atoms with E-state index < -0.39 is 0 Å². The second-order valence-electron chi connectivity index (χ2n) is 4.61. The van der Waals surface area contributed by atoms with E-state index in [2.05, 4.69) is 24.3 Å². The van der Waals surface area contributed by atoms with Crippen molar-refractivity contribution in [3.63, 3.8) is 0 Å². The van der Waals surface area contributed by atoms with Gasteiger partial charge in [0.05, 0.1) is 0 Å². The molecule has 0 aromatic heterocycles. The molecule has 1 unspecified atom stereocenters. The Morgan fingerprint density at radius 2 is 1.56 bits per heavy atom. The maximum atomic E-state index is 6.16. The molecule has 0 fully saturated rings. The third-order valence-corrected chi connectivity index (χ3v) is 3.31. The number of hydrogen-bond acceptors (Lipinski definition) is 1. The second-order valence-corrected chi connectivity index (χ2v) is 5.05. The molecule has 0 amide bonds. The van der Waals surface area contributed by atoms with Crippen molar-refractivity contribution < 1.29 is 0 Å². The summed E-state index contributed by atoms with van der Waals surface area (Å²) in [6.45, 7) is 0. The van der Waals surface area contributed by atoms with Gasteiger partial charge in [0, 0.05) is 11.1 Å². The van der Waals surface area contributed by atoms with Gasteiger partial charge in [0.25, 0.3) is 0 Å². The smallest absolute Gasteiger partial charge is 0.0406 e. The Kier molecular flexibility index (Phi) is 4.80. The van der Waals surface area contributed by atoms with Gasteiger partial charge in [-0.15, -0.1) is 0 Å². The van der Waals surface area contributed by atoms with Crippen LogP contribution in [0.2, 0.25) is 5.02 Å². The summed E-state index contributed by atoms with van der Waals surface area (Å²) < 4.78 is 0. The van der Waals surface area contributed by atoms with E-state index in [9.17, 15) is 0 Å². The van der Waals surface area contributed by atoms with Crippen molar-refractivity contribution in [3.8, 4) is 0 Å². The minimum absolute atomic E-state index is 0.200. The van der Waals surface area contributed by atoms with Crippen molar-refractivity contribution in [3.05, 3.63) is 70.7 Å². The number of nitrogens with two attached hydrogens (primary N) is 1. The molecule has 0 aliphatic heterocycles. The molecule has 0 spiro atoms. The zero-order valence-corrected chi connectivity index (χ0v) is 11.1. The Morgan fingerprint density at radius 3 is 2.22 bits per heavy atom. The van der Waals surface area contributed by atoms with Crippen LogP contribution < -0.4 is 5.73 Å². The van der Waals surface area contributed by atoms with E-state index >= 15 is 0 Å². The minimum Gasteiger partial charge on any atom is -0.327 e. The van der Waals surface area contributed by atoms with E-state index in [0.717, 1.165) is 24.3 Å². The van der Waals surface area contributed by atoms with E-state index in [1.165, 1.54) is 11.1 Å². The van der Waals surface area contributed by atoms with Gasteiger partial charge in [-0.05, 0) is 42.5 Å². The summed E-state index contributed by atoms with van der Waals surface area (Å²) in [4.78, 5) is 0. The lowest BCUT2D eigenvalue weighted by molar-refractivity contribution is 0.610. The van der Waals surface area contributed by atoms with Gasteiger partial charge < -0.3 is 5.73 Å². The number of hydrogen-bond donors (Lipinski definition) is 1. The molecular formula is C16H18ClN. The fraction of sp³-hybridized carbons (Fsp3) is 0.250. The van der Waals surface area contributed by atoms with Crippen molar-refractivity contribution in [2.75, 3.05) is 0 Å². The third kappa shape index (κ3) is 4.17. The third-order valence-electron chi connectivity index (χ3n) is 3.06. The molecule has 94 valence electrons. The highest BCUT2D eigenvalue weighted by Gasteiger charge is 2.04. The summed E-state index contributed by atoms with van der Waals surface area (Å²) in [6.07, 6.45) is 2.95. The van der Waals surface area contributed by atoms with Crippen LogP contribution in [0.15, 0.2) is 54.6 Å². The lowest BCUT2D eigenvalue weighted by Gasteiger charge is -2.11. The Morgan fingerprint density at radius 1 is 0.889 bits per heavy atom. The first-order valence-electron chi connectivity index (χ1n) is 6.28. The van der Waals surface area contributed by atoms with Crippen LogP contribution in [0.3, 0.4) is 0 Å². The van der Waals surface area contributed by atoms with Gasteiger partial charge in [0.15, 0.2) is 0 Å². The minimum atomic E-state index is 0.200. The molecule has 0 aliphatic rings. The fourth-order valence-corrected chi connectivity index (χ4v) is 2.15. The molecular weight excluding hydrogens is 242 g/mol. The van der Waals surface area contributed by atoms with E-state index in [-0.39, 0.29) is 6.04 Å². The maximum Gasteiger partial charge on any atom is 0.0406 e. The molecule has 2 heteroatoms. The first-order chi connectivity index (χ1) is 8.74. The lowest BCUT2D eigenvalue weighted by Crippen LogP contribution is -2.23. The molecule has 1 nitrogen and oxygen atoms in total. The predicted molar refractivity (Wildman–Crippen MR) is 77.9 cm³/mol. The van der Waals surface area contributed by atoms with E-state index in [1.807, 2.05) is 30.3 Å². The summed E-state index contributed by atoms with van der Waals surface area (Å²) in [5.41, 5.74) is 8.76. The standard InChI is InChI=1S/C16H18ClN/c17-15-9-6-14(7-10-15)12-16(18)11-8-13-4-2-1-3-5-13/h1-7,9-10,16H,8,11-12,18H2. The molecule has 0 bridgehead atoms. The average molecular weight is 260 g/mol.